The maximum atomic E-state index is 10.4. The lowest BCUT2D eigenvalue weighted by Gasteiger charge is -2.20. The van der Waals surface area contributed by atoms with Crippen molar-refractivity contribution in [1.82, 2.24) is 0 Å². The van der Waals surface area contributed by atoms with E-state index in [0.717, 1.165) is 12.1 Å². The van der Waals surface area contributed by atoms with Gasteiger partial charge in [-0.2, -0.15) is 5.26 Å². The molecule has 0 saturated carbocycles. The second kappa shape index (κ2) is 5.44. The molecule has 1 N–H and O–H groups in total. The number of carboxylic acids is 1. The van der Waals surface area contributed by atoms with Gasteiger partial charge in [0.1, 0.15) is 6.07 Å². The first-order valence-corrected chi connectivity index (χ1v) is 5.94. The van der Waals surface area contributed by atoms with Crippen molar-refractivity contribution in [2.24, 2.45) is 0 Å². The molecule has 0 bridgehead atoms. The van der Waals surface area contributed by atoms with Crippen LogP contribution in [0.1, 0.15) is 12.5 Å². The molecule has 0 aliphatic carbocycles. The number of aliphatic carboxylic acids is 1. The summed E-state index contributed by atoms with van der Waals surface area (Å²) in [5.41, 5.74) is 2.24. The van der Waals surface area contributed by atoms with Crippen LogP contribution < -0.4 is 4.90 Å². The van der Waals surface area contributed by atoms with E-state index in [4.69, 9.17) is 15.1 Å². The molecule has 0 amide bonds. The number of nitriles is 1. The number of anilines is 1. The minimum absolute atomic E-state index is 0.00551. The molecule has 19 heavy (non-hydrogen) atoms. The molecule has 2 rings (SSSR count). The SMILES string of the molecule is CC1Cc2ccccc2N1C=C(C#N)OCC(=O)O. The number of carbonyl (C=O) groups is 1. The number of hydrogen-bond acceptors (Lipinski definition) is 4. The summed E-state index contributed by atoms with van der Waals surface area (Å²) >= 11 is 0. The Bertz CT molecular complexity index is 560. The number of carboxylic acid groups (broad SMARTS) is 1. The Kier molecular flexibility index (Phi) is 3.71. The molecule has 1 aliphatic rings. The van der Waals surface area contributed by atoms with Crippen LogP contribution in [-0.4, -0.2) is 23.7 Å². The van der Waals surface area contributed by atoms with Gasteiger partial charge in [0, 0.05) is 11.7 Å². The first-order chi connectivity index (χ1) is 9.11. The molecule has 0 fully saturated rings. The summed E-state index contributed by atoms with van der Waals surface area (Å²) in [6.45, 7) is 1.53. The quantitative estimate of drug-likeness (QED) is 0.659. The Balaban J connectivity index is 2.21. The number of nitrogens with zero attached hydrogens (tertiary/aromatic N) is 2. The number of para-hydroxylation sites is 1. The smallest absolute Gasteiger partial charge is 0.341 e. The monoisotopic (exact) mass is 258 g/mol. The summed E-state index contributed by atoms with van der Waals surface area (Å²) in [4.78, 5) is 12.4. The number of fused-ring (bicyclic) bond motifs is 1. The Hall–Kier alpha value is -2.48. The third-order valence-electron chi connectivity index (χ3n) is 2.98. The van der Waals surface area contributed by atoms with Crippen molar-refractivity contribution in [1.29, 1.82) is 5.26 Å². The molecule has 0 spiro atoms. The fourth-order valence-electron chi connectivity index (χ4n) is 2.15. The second-order valence-corrected chi connectivity index (χ2v) is 4.38. The van der Waals surface area contributed by atoms with E-state index in [2.05, 4.69) is 0 Å². The van der Waals surface area contributed by atoms with Crippen LogP contribution in [0.3, 0.4) is 0 Å². The van der Waals surface area contributed by atoms with Gasteiger partial charge >= 0.3 is 5.97 Å². The van der Waals surface area contributed by atoms with Crippen LogP contribution in [0.25, 0.3) is 0 Å². The van der Waals surface area contributed by atoms with Crippen LogP contribution in [0.5, 0.6) is 0 Å². The van der Waals surface area contributed by atoms with Crippen molar-refractivity contribution in [2.45, 2.75) is 19.4 Å². The minimum Gasteiger partial charge on any atom is -0.479 e. The zero-order chi connectivity index (χ0) is 13.8. The van der Waals surface area contributed by atoms with Crippen molar-refractivity contribution in [2.75, 3.05) is 11.5 Å². The lowest BCUT2D eigenvalue weighted by atomic mass is 10.1. The minimum atomic E-state index is -1.10. The van der Waals surface area contributed by atoms with E-state index in [-0.39, 0.29) is 11.8 Å². The first kappa shape index (κ1) is 13.0. The number of rotatable bonds is 4. The van der Waals surface area contributed by atoms with Crippen LogP contribution in [0.15, 0.2) is 36.2 Å². The summed E-state index contributed by atoms with van der Waals surface area (Å²) in [7, 11) is 0. The summed E-state index contributed by atoms with van der Waals surface area (Å²) in [6, 6.07) is 10.0. The molecule has 1 atom stereocenters. The van der Waals surface area contributed by atoms with E-state index in [9.17, 15) is 4.79 Å². The lowest BCUT2D eigenvalue weighted by molar-refractivity contribution is -0.140. The van der Waals surface area contributed by atoms with Gasteiger partial charge in [-0.3, -0.25) is 0 Å². The number of allylic oxidation sites excluding steroid dienone is 1. The molecule has 1 aromatic carbocycles. The predicted molar refractivity (Wildman–Crippen MR) is 69.4 cm³/mol. The van der Waals surface area contributed by atoms with E-state index in [1.807, 2.05) is 42.2 Å². The molecule has 1 aliphatic heterocycles. The Morgan fingerprint density at radius 3 is 3.05 bits per heavy atom. The lowest BCUT2D eigenvalue weighted by Crippen LogP contribution is -2.24. The van der Waals surface area contributed by atoms with Crippen LogP contribution in [0, 0.1) is 11.3 Å². The maximum absolute atomic E-state index is 10.4. The van der Waals surface area contributed by atoms with Gasteiger partial charge in [0.15, 0.2) is 6.61 Å². The van der Waals surface area contributed by atoms with Gasteiger partial charge in [0.25, 0.3) is 0 Å². The Morgan fingerprint density at radius 2 is 2.37 bits per heavy atom. The highest BCUT2D eigenvalue weighted by Gasteiger charge is 2.24. The molecular weight excluding hydrogens is 244 g/mol. The highest BCUT2D eigenvalue weighted by atomic mass is 16.5. The van der Waals surface area contributed by atoms with Crippen LogP contribution >= 0.6 is 0 Å². The van der Waals surface area contributed by atoms with Gasteiger partial charge in [-0.1, -0.05) is 18.2 Å². The molecular formula is C14H14N2O3. The van der Waals surface area contributed by atoms with E-state index in [0.29, 0.717) is 0 Å². The third-order valence-corrected chi connectivity index (χ3v) is 2.98. The van der Waals surface area contributed by atoms with Gasteiger partial charge in [-0.05, 0) is 25.0 Å². The van der Waals surface area contributed by atoms with Crippen LogP contribution in [-0.2, 0) is 16.0 Å². The molecule has 5 nitrogen and oxygen atoms in total. The molecule has 1 aromatic rings. The zero-order valence-electron chi connectivity index (χ0n) is 10.5. The molecule has 0 saturated heterocycles. The molecule has 5 heteroatoms. The van der Waals surface area contributed by atoms with Crippen molar-refractivity contribution in [3.8, 4) is 6.07 Å². The first-order valence-electron chi connectivity index (χ1n) is 5.94. The van der Waals surface area contributed by atoms with Gasteiger partial charge in [0.2, 0.25) is 5.76 Å². The van der Waals surface area contributed by atoms with Crippen molar-refractivity contribution >= 4 is 11.7 Å². The van der Waals surface area contributed by atoms with Crippen molar-refractivity contribution in [3.63, 3.8) is 0 Å². The van der Waals surface area contributed by atoms with Gasteiger partial charge < -0.3 is 14.7 Å². The van der Waals surface area contributed by atoms with E-state index in [1.165, 1.54) is 5.56 Å². The van der Waals surface area contributed by atoms with Crippen molar-refractivity contribution < 1.29 is 14.6 Å². The number of ether oxygens (including phenoxy) is 1. The number of benzene rings is 1. The van der Waals surface area contributed by atoms with Crippen LogP contribution in [0.4, 0.5) is 5.69 Å². The third kappa shape index (κ3) is 2.86. The zero-order valence-corrected chi connectivity index (χ0v) is 10.5. The average Bonchev–Trinajstić information content (AvgIpc) is 2.70. The van der Waals surface area contributed by atoms with E-state index in [1.54, 1.807) is 6.20 Å². The van der Waals surface area contributed by atoms with Gasteiger partial charge in [-0.15, -0.1) is 0 Å². The average molecular weight is 258 g/mol. The fraction of sp³-hybridized carbons (Fsp3) is 0.286. The van der Waals surface area contributed by atoms with Gasteiger partial charge in [-0.25, -0.2) is 4.79 Å². The second-order valence-electron chi connectivity index (χ2n) is 4.38. The van der Waals surface area contributed by atoms with Crippen LogP contribution in [0.2, 0.25) is 0 Å². The largest absolute Gasteiger partial charge is 0.479 e. The van der Waals surface area contributed by atoms with Crippen molar-refractivity contribution in [3.05, 3.63) is 41.8 Å². The topological polar surface area (TPSA) is 73.6 Å². The van der Waals surface area contributed by atoms with E-state index >= 15 is 0 Å². The predicted octanol–water partition coefficient (Wildman–Crippen LogP) is 1.90. The highest BCUT2D eigenvalue weighted by Crippen LogP contribution is 2.32. The highest BCUT2D eigenvalue weighted by molar-refractivity contribution is 5.68. The molecule has 98 valence electrons. The summed E-state index contributed by atoms with van der Waals surface area (Å²) in [6.07, 6.45) is 2.46. The van der Waals surface area contributed by atoms with Gasteiger partial charge in [0.05, 0.1) is 6.20 Å². The Labute approximate surface area is 111 Å². The summed E-state index contributed by atoms with van der Waals surface area (Å²) < 4.78 is 4.94. The summed E-state index contributed by atoms with van der Waals surface area (Å²) in [5.74, 6) is -1.10. The maximum Gasteiger partial charge on any atom is 0.341 e. The summed E-state index contributed by atoms with van der Waals surface area (Å²) in [5, 5.41) is 17.5. The van der Waals surface area contributed by atoms with E-state index < -0.39 is 12.6 Å². The molecule has 1 heterocycles. The molecule has 1 unspecified atom stereocenters. The number of hydrogen-bond donors (Lipinski definition) is 1. The standard InChI is InChI=1S/C14H14N2O3/c1-10-6-11-4-2-3-5-13(11)16(10)8-12(7-15)19-9-14(17)18/h2-5,8,10H,6,9H2,1H3,(H,17,18). The fourth-order valence-corrected chi connectivity index (χ4v) is 2.15. The molecule has 0 aromatic heterocycles. The normalized spacial score (nSPS) is 17.8. The Morgan fingerprint density at radius 1 is 1.63 bits per heavy atom. The molecule has 0 radical (unpaired) electrons.